The third kappa shape index (κ3) is 3.01. The van der Waals surface area contributed by atoms with Gasteiger partial charge in [0.25, 0.3) is 0 Å². The van der Waals surface area contributed by atoms with Gasteiger partial charge in [-0.2, -0.15) is 0 Å². The van der Waals surface area contributed by atoms with Crippen molar-refractivity contribution in [1.29, 1.82) is 0 Å². The molecule has 90 valence electrons. The Morgan fingerprint density at radius 2 is 2.12 bits per heavy atom. The number of hydrogen-bond acceptors (Lipinski definition) is 3. The van der Waals surface area contributed by atoms with E-state index in [0.29, 0.717) is 13.2 Å². The van der Waals surface area contributed by atoms with Crippen LogP contribution in [0, 0.1) is 6.57 Å². The van der Waals surface area contributed by atoms with Gasteiger partial charge in [-0.25, -0.2) is 9.83 Å². The quantitative estimate of drug-likeness (QED) is 0.611. The summed E-state index contributed by atoms with van der Waals surface area (Å²) in [6.45, 7) is 8.38. The average Bonchev–Trinajstić information content (AvgIpc) is 2.35. The zero-order valence-electron chi connectivity index (χ0n) is 8.95. The van der Waals surface area contributed by atoms with Crippen LogP contribution in [0.4, 0.5) is 5.69 Å². The molecule has 1 aliphatic heterocycles. The summed E-state index contributed by atoms with van der Waals surface area (Å²) in [5, 5.41) is 0.415. The molecule has 0 aliphatic carbocycles. The van der Waals surface area contributed by atoms with E-state index in [-0.39, 0.29) is 27.8 Å². The largest absolute Gasteiger partial charge is 0.483 e. The van der Waals surface area contributed by atoms with Crippen molar-refractivity contribution in [3.8, 4) is 5.88 Å². The molecule has 4 nitrogen and oxygen atoms in total. The van der Waals surface area contributed by atoms with Crippen LogP contribution < -0.4 is 4.74 Å². The zero-order chi connectivity index (χ0) is 12.3. The first-order valence-electron chi connectivity index (χ1n) is 5.18. The maximum absolute atomic E-state index is 7.05. The average molecular weight is 273 g/mol. The highest BCUT2D eigenvalue weighted by molar-refractivity contribution is 6.41. The van der Waals surface area contributed by atoms with Gasteiger partial charge in [0, 0.05) is 12.8 Å². The van der Waals surface area contributed by atoms with Crippen LogP contribution in [0.5, 0.6) is 5.88 Å². The molecule has 0 N–H and O–H groups in total. The van der Waals surface area contributed by atoms with Gasteiger partial charge in [-0.1, -0.05) is 23.2 Å². The number of aromatic nitrogens is 1. The third-order valence-electron chi connectivity index (χ3n) is 2.45. The van der Waals surface area contributed by atoms with Gasteiger partial charge in [-0.05, 0) is 6.07 Å². The van der Waals surface area contributed by atoms with E-state index in [0.717, 1.165) is 12.8 Å². The highest BCUT2D eigenvalue weighted by atomic mass is 35.5. The lowest BCUT2D eigenvalue weighted by molar-refractivity contribution is 0.0241. The fraction of sp³-hybridized carbons (Fsp3) is 0.455. The lowest BCUT2D eigenvalue weighted by Crippen LogP contribution is -2.26. The van der Waals surface area contributed by atoms with Crippen molar-refractivity contribution in [2.45, 2.75) is 18.9 Å². The molecule has 2 heterocycles. The molecule has 1 aromatic rings. The van der Waals surface area contributed by atoms with Crippen molar-refractivity contribution in [3.05, 3.63) is 27.7 Å². The van der Waals surface area contributed by atoms with E-state index in [9.17, 15) is 0 Å². The third-order valence-corrected chi connectivity index (χ3v) is 3.12. The van der Waals surface area contributed by atoms with Crippen LogP contribution in [0.15, 0.2) is 6.07 Å². The summed E-state index contributed by atoms with van der Waals surface area (Å²) in [5.41, 5.74) is 0.283. The molecule has 1 fully saturated rings. The minimum atomic E-state index is 0.0222. The van der Waals surface area contributed by atoms with Crippen molar-refractivity contribution in [2.24, 2.45) is 0 Å². The van der Waals surface area contributed by atoms with Crippen molar-refractivity contribution < 1.29 is 9.47 Å². The molecular formula is C11H10Cl2N2O2. The standard InChI is InChI=1S/C11H10Cl2N2O2/c1-14-9-6-8(12)10(13)15-11(9)17-7-2-4-16-5-3-7/h6-7H,2-5H2. The molecular weight excluding hydrogens is 263 g/mol. The Labute approximate surface area is 109 Å². The van der Waals surface area contributed by atoms with Crippen molar-refractivity contribution >= 4 is 28.9 Å². The van der Waals surface area contributed by atoms with Gasteiger partial charge < -0.3 is 9.47 Å². The molecule has 17 heavy (non-hydrogen) atoms. The molecule has 1 aliphatic rings. The van der Waals surface area contributed by atoms with Crippen molar-refractivity contribution in [2.75, 3.05) is 13.2 Å². The fourth-order valence-electron chi connectivity index (χ4n) is 1.56. The van der Waals surface area contributed by atoms with Crippen LogP contribution in [0.25, 0.3) is 4.85 Å². The normalized spacial score (nSPS) is 16.5. The lowest BCUT2D eigenvalue weighted by atomic mass is 10.1. The molecule has 0 bridgehead atoms. The van der Waals surface area contributed by atoms with Crippen LogP contribution in [-0.2, 0) is 4.74 Å². The first kappa shape index (κ1) is 12.4. The molecule has 0 saturated carbocycles. The molecule has 0 spiro atoms. The summed E-state index contributed by atoms with van der Waals surface area (Å²) in [4.78, 5) is 7.32. The summed E-state index contributed by atoms with van der Waals surface area (Å²) in [7, 11) is 0. The summed E-state index contributed by atoms with van der Waals surface area (Å²) >= 11 is 11.6. The molecule has 1 saturated heterocycles. The van der Waals surface area contributed by atoms with Crippen LogP contribution in [0.2, 0.25) is 10.2 Å². The first-order valence-corrected chi connectivity index (χ1v) is 5.94. The predicted octanol–water partition coefficient (Wildman–Crippen LogP) is 3.50. The van der Waals surface area contributed by atoms with Gasteiger partial charge in [-0.15, -0.1) is 0 Å². The van der Waals surface area contributed by atoms with Gasteiger partial charge in [0.05, 0.1) is 24.8 Å². The molecule has 6 heteroatoms. The van der Waals surface area contributed by atoms with Crippen LogP contribution >= 0.6 is 23.2 Å². The minimum Gasteiger partial charge on any atom is -0.483 e. The number of rotatable bonds is 2. The first-order chi connectivity index (χ1) is 8.20. The lowest BCUT2D eigenvalue weighted by Gasteiger charge is -2.23. The van der Waals surface area contributed by atoms with Gasteiger partial charge in [0.1, 0.15) is 11.3 Å². The molecule has 0 atom stereocenters. The number of pyridine rings is 1. The molecule has 1 aromatic heterocycles. The van der Waals surface area contributed by atoms with Gasteiger partial charge in [0.15, 0.2) is 0 Å². The van der Waals surface area contributed by atoms with E-state index in [1.54, 1.807) is 0 Å². The predicted molar refractivity (Wildman–Crippen MR) is 65.0 cm³/mol. The van der Waals surface area contributed by atoms with E-state index in [1.807, 2.05) is 0 Å². The number of hydrogen-bond donors (Lipinski definition) is 0. The summed E-state index contributed by atoms with van der Waals surface area (Å²) in [6, 6.07) is 1.47. The molecule has 2 rings (SSSR count). The van der Waals surface area contributed by atoms with E-state index in [4.69, 9.17) is 39.2 Å². The summed E-state index contributed by atoms with van der Waals surface area (Å²) < 4.78 is 10.9. The Balaban J connectivity index is 2.19. The topological polar surface area (TPSA) is 35.7 Å². The maximum Gasteiger partial charge on any atom is 0.248 e. The Hall–Kier alpha value is -1.02. The minimum absolute atomic E-state index is 0.0222. The fourth-order valence-corrected chi connectivity index (χ4v) is 1.84. The smallest absolute Gasteiger partial charge is 0.248 e. The molecule has 0 amide bonds. The highest BCUT2D eigenvalue weighted by Crippen LogP contribution is 2.34. The second kappa shape index (κ2) is 5.54. The van der Waals surface area contributed by atoms with Crippen LogP contribution in [0.3, 0.4) is 0 Å². The number of nitrogens with zero attached hydrogens (tertiary/aromatic N) is 2. The van der Waals surface area contributed by atoms with Crippen LogP contribution in [0.1, 0.15) is 12.8 Å². The monoisotopic (exact) mass is 272 g/mol. The second-order valence-electron chi connectivity index (χ2n) is 3.63. The van der Waals surface area contributed by atoms with Gasteiger partial charge >= 0.3 is 0 Å². The Morgan fingerprint density at radius 1 is 1.41 bits per heavy atom. The van der Waals surface area contributed by atoms with Crippen molar-refractivity contribution in [1.82, 2.24) is 4.98 Å². The van der Waals surface area contributed by atoms with E-state index < -0.39 is 0 Å². The van der Waals surface area contributed by atoms with Crippen LogP contribution in [-0.4, -0.2) is 24.3 Å². The number of halogens is 2. The van der Waals surface area contributed by atoms with E-state index >= 15 is 0 Å². The summed E-state index contributed by atoms with van der Waals surface area (Å²) in [6.07, 6.45) is 1.60. The SMILES string of the molecule is [C-]#[N+]c1cc(Cl)c(Cl)nc1OC1CCOCC1. The summed E-state index contributed by atoms with van der Waals surface area (Å²) in [5.74, 6) is 0.251. The Kier molecular flexibility index (Phi) is 4.06. The molecule has 0 unspecified atom stereocenters. The van der Waals surface area contributed by atoms with E-state index in [2.05, 4.69) is 9.83 Å². The van der Waals surface area contributed by atoms with Crippen molar-refractivity contribution in [3.63, 3.8) is 0 Å². The molecule has 0 radical (unpaired) electrons. The number of ether oxygens (including phenoxy) is 2. The Morgan fingerprint density at radius 3 is 2.76 bits per heavy atom. The molecule has 0 aromatic carbocycles. The van der Waals surface area contributed by atoms with Gasteiger partial charge in [0.2, 0.25) is 11.6 Å². The maximum atomic E-state index is 7.05. The zero-order valence-corrected chi connectivity index (χ0v) is 10.5. The van der Waals surface area contributed by atoms with Gasteiger partial charge in [-0.3, -0.25) is 0 Å². The Bertz CT molecular complexity index is 454. The van der Waals surface area contributed by atoms with E-state index in [1.165, 1.54) is 6.07 Å². The highest BCUT2D eigenvalue weighted by Gasteiger charge is 2.19. The second-order valence-corrected chi connectivity index (χ2v) is 4.39.